The van der Waals surface area contributed by atoms with Crippen molar-refractivity contribution >= 4 is 0 Å². The van der Waals surface area contributed by atoms with Crippen LogP contribution < -0.4 is 0 Å². The van der Waals surface area contributed by atoms with Crippen LogP contribution in [0.3, 0.4) is 0 Å². The van der Waals surface area contributed by atoms with E-state index in [4.69, 9.17) is 4.74 Å². The summed E-state index contributed by atoms with van der Waals surface area (Å²) in [4.78, 5) is 0. The molecular formula is C15H30O3. The molecule has 1 aliphatic heterocycles. The van der Waals surface area contributed by atoms with E-state index in [9.17, 15) is 10.2 Å². The number of aliphatic hydroxyl groups excluding tert-OH is 2. The maximum atomic E-state index is 10.4. The van der Waals surface area contributed by atoms with Gasteiger partial charge in [-0.2, -0.15) is 0 Å². The summed E-state index contributed by atoms with van der Waals surface area (Å²) in [6.07, 6.45) is 5.82. The monoisotopic (exact) mass is 258 g/mol. The third-order valence-corrected chi connectivity index (χ3v) is 4.17. The maximum Gasteiger partial charge on any atom is 0.117 e. The van der Waals surface area contributed by atoms with E-state index in [1.54, 1.807) is 0 Å². The quantitative estimate of drug-likeness (QED) is 0.658. The van der Waals surface area contributed by atoms with E-state index in [2.05, 4.69) is 20.8 Å². The van der Waals surface area contributed by atoms with Crippen LogP contribution in [0.5, 0.6) is 0 Å². The number of aliphatic hydroxyl groups is 2. The average Bonchev–Trinajstić information content (AvgIpc) is 2.83. The fraction of sp³-hybridized carbons (Fsp3) is 1.00. The van der Waals surface area contributed by atoms with E-state index < -0.39 is 11.7 Å². The minimum absolute atomic E-state index is 0.0650. The van der Waals surface area contributed by atoms with Gasteiger partial charge in [0.2, 0.25) is 0 Å². The second-order valence-electron chi connectivity index (χ2n) is 6.28. The molecule has 0 bridgehead atoms. The molecule has 0 saturated carbocycles. The van der Waals surface area contributed by atoms with Gasteiger partial charge in [-0.1, -0.05) is 40.0 Å². The first-order valence-corrected chi connectivity index (χ1v) is 7.44. The minimum atomic E-state index is -0.683. The molecule has 108 valence electrons. The standard InChI is InChI=1S/C15H30O3/c1-12(2)7-4-5-8-13(3)14(17)15(11-16)9-6-10-18-15/h12-14,16-17H,4-11H2,1-3H3. The third kappa shape index (κ3) is 4.22. The molecule has 18 heavy (non-hydrogen) atoms. The van der Waals surface area contributed by atoms with Crippen LogP contribution in [-0.2, 0) is 4.74 Å². The van der Waals surface area contributed by atoms with Crippen molar-refractivity contribution < 1.29 is 14.9 Å². The van der Waals surface area contributed by atoms with Crippen LogP contribution in [0.2, 0.25) is 0 Å². The van der Waals surface area contributed by atoms with Crippen molar-refractivity contribution in [2.24, 2.45) is 11.8 Å². The Bertz CT molecular complexity index is 222. The predicted octanol–water partition coefficient (Wildman–Crippen LogP) is 2.74. The van der Waals surface area contributed by atoms with E-state index in [0.29, 0.717) is 6.61 Å². The first-order valence-electron chi connectivity index (χ1n) is 7.44. The van der Waals surface area contributed by atoms with Crippen LogP contribution >= 0.6 is 0 Å². The Labute approximate surface area is 112 Å². The smallest absolute Gasteiger partial charge is 0.117 e. The van der Waals surface area contributed by atoms with Crippen LogP contribution in [0.4, 0.5) is 0 Å². The Morgan fingerprint density at radius 1 is 1.17 bits per heavy atom. The van der Waals surface area contributed by atoms with Gasteiger partial charge in [-0.3, -0.25) is 0 Å². The molecule has 0 aromatic carbocycles. The van der Waals surface area contributed by atoms with Crippen molar-refractivity contribution in [3.8, 4) is 0 Å². The second-order valence-corrected chi connectivity index (χ2v) is 6.28. The average molecular weight is 258 g/mol. The van der Waals surface area contributed by atoms with Crippen LogP contribution in [-0.4, -0.2) is 35.1 Å². The highest BCUT2D eigenvalue weighted by molar-refractivity contribution is 4.93. The molecule has 2 N–H and O–H groups in total. The van der Waals surface area contributed by atoms with Gasteiger partial charge in [-0.15, -0.1) is 0 Å². The molecule has 1 aliphatic rings. The van der Waals surface area contributed by atoms with Gasteiger partial charge in [-0.05, 0) is 31.1 Å². The third-order valence-electron chi connectivity index (χ3n) is 4.17. The zero-order valence-corrected chi connectivity index (χ0v) is 12.2. The van der Waals surface area contributed by atoms with E-state index >= 15 is 0 Å². The van der Waals surface area contributed by atoms with Gasteiger partial charge in [0, 0.05) is 6.61 Å². The number of unbranched alkanes of at least 4 members (excludes halogenated alkanes) is 1. The first-order chi connectivity index (χ1) is 8.52. The fourth-order valence-electron chi connectivity index (χ4n) is 2.87. The highest BCUT2D eigenvalue weighted by atomic mass is 16.5. The molecule has 0 aliphatic carbocycles. The van der Waals surface area contributed by atoms with Crippen LogP contribution in [0.25, 0.3) is 0 Å². The minimum Gasteiger partial charge on any atom is -0.393 e. The highest BCUT2D eigenvalue weighted by Crippen LogP contribution is 2.33. The van der Waals surface area contributed by atoms with Gasteiger partial charge in [0.25, 0.3) is 0 Å². The summed E-state index contributed by atoms with van der Waals surface area (Å²) >= 11 is 0. The molecule has 1 rings (SSSR count). The van der Waals surface area contributed by atoms with E-state index in [0.717, 1.165) is 31.6 Å². The Morgan fingerprint density at radius 3 is 2.33 bits per heavy atom. The molecule has 3 nitrogen and oxygen atoms in total. The topological polar surface area (TPSA) is 49.7 Å². The molecule has 3 atom stereocenters. The SMILES string of the molecule is CC(C)CCCCC(C)C(O)C1(CO)CCCO1. The maximum absolute atomic E-state index is 10.4. The summed E-state index contributed by atoms with van der Waals surface area (Å²) in [5.41, 5.74) is -0.683. The summed E-state index contributed by atoms with van der Waals surface area (Å²) in [6, 6.07) is 0. The van der Waals surface area contributed by atoms with E-state index in [1.807, 2.05) is 0 Å². The van der Waals surface area contributed by atoms with E-state index in [-0.39, 0.29) is 12.5 Å². The zero-order valence-electron chi connectivity index (χ0n) is 12.2. The van der Waals surface area contributed by atoms with Crippen molar-refractivity contribution in [2.45, 2.75) is 71.0 Å². The predicted molar refractivity (Wildman–Crippen MR) is 73.5 cm³/mol. The van der Waals surface area contributed by atoms with Crippen LogP contribution in [0, 0.1) is 11.8 Å². The van der Waals surface area contributed by atoms with Gasteiger partial charge in [0.1, 0.15) is 5.60 Å². The lowest BCUT2D eigenvalue weighted by molar-refractivity contribution is -0.135. The molecule has 0 amide bonds. The highest BCUT2D eigenvalue weighted by Gasteiger charge is 2.43. The van der Waals surface area contributed by atoms with Gasteiger partial charge in [0.15, 0.2) is 0 Å². The largest absolute Gasteiger partial charge is 0.393 e. The molecular weight excluding hydrogens is 228 g/mol. The van der Waals surface area contributed by atoms with Crippen LogP contribution in [0.1, 0.15) is 59.3 Å². The van der Waals surface area contributed by atoms with Crippen molar-refractivity contribution in [3.63, 3.8) is 0 Å². The first kappa shape index (κ1) is 15.9. The molecule has 0 aromatic rings. The van der Waals surface area contributed by atoms with Crippen molar-refractivity contribution in [1.29, 1.82) is 0 Å². The number of ether oxygens (including phenoxy) is 1. The number of hydrogen-bond acceptors (Lipinski definition) is 3. The van der Waals surface area contributed by atoms with Crippen molar-refractivity contribution in [2.75, 3.05) is 13.2 Å². The Morgan fingerprint density at radius 2 is 1.83 bits per heavy atom. The normalized spacial score (nSPS) is 27.7. The number of rotatable bonds is 8. The van der Waals surface area contributed by atoms with Gasteiger partial charge >= 0.3 is 0 Å². The van der Waals surface area contributed by atoms with E-state index in [1.165, 1.54) is 12.8 Å². The van der Waals surface area contributed by atoms with Crippen molar-refractivity contribution in [1.82, 2.24) is 0 Å². The zero-order chi connectivity index (χ0) is 13.6. The van der Waals surface area contributed by atoms with Crippen LogP contribution in [0.15, 0.2) is 0 Å². The molecule has 1 fully saturated rings. The fourth-order valence-corrected chi connectivity index (χ4v) is 2.87. The van der Waals surface area contributed by atoms with Crippen molar-refractivity contribution in [3.05, 3.63) is 0 Å². The van der Waals surface area contributed by atoms with Gasteiger partial charge in [0.05, 0.1) is 12.7 Å². The Hall–Kier alpha value is -0.120. The second kappa shape index (κ2) is 7.46. The summed E-state index contributed by atoms with van der Waals surface area (Å²) in [6.45, 7) is 7.15. The molecule has 0 radical (unpaired) electrons. The van der Waals surface area contributed by atoms with Gasteiger partial charge in [-0.25, -0.2) is 0 Å². The number of hydrogen-bond donors (Lipinski definition) is 2. The molecule has 1 heterocycles. The lowest BCUT2D eigenvalue weighted by atomic mass is 9.83. The summed E-state index contributed by atoms with van der Waals surface area (Å²) in [5, 5.41) is 19.9. The molecule has 1 saturated heterocycles. The summed E-state index contributed by atoms with van der Waals surface area (Å²) in [7, 11) is 0. The summed E-state index contributed by atoms with van der Waals surface area (Å²) < 4.78 is 5.62. The Balaban J connectivity index is 2.33. The molecule has 0 aromatic heterocycles. The summed E-state index contributed by atoms with van der Waals surface area (Å²) in [5.74, 6) is 0.953. The lowest BCUT2D eigenvalue weighted by Gasteiger charge is -2.35. The molecule has 3 heteroatoms. The molecule has 3 unspecified atom stereocenters. The molecule has 0 spiro atoms. The Kier molecular flexibility index (Phi) is 6.61. The lowest BCUT2D eigenvalue weighted by Crippen LogP contribution is -2.48. The van der Waals surface area contributed by atoms with Gasteiger partial charge < -0.3 is 14.9 Å².